The highest BCUT2D eigenvalue weighted by Crippen LogP contribution is 2.34. The van der Waals surface area contributed by atoms with Crippen molar-refractivity contribution in [3.8, 4) is 0 Å². The van der Waals surface area contributed by atoms with Crippen molar-refractivity contribution in [1.82, 2.24) is 4.90 Å². The largest absolute Gasteiger partial charge is 0.330 e. The summed E-state index contributed by atoms with van der Waals surface area (Å²) in [5, 5.41) is 3.67. The first-order chi connectivity index (χ1) is 12.5. The molecule has 3 rings (SSSR count). The maximum Gasteiger partial charge on any atom is 0.241 e. The SMILES string of the molecule is CC(C(=O)Nc1cccc(Cl)c1Cl)N1C[C@@H](CN)[C@H](c2ccccc2)C1.Cl. The molecular weight excluding hydrogens is 405 g/mol. The fourth-order valence-electron chi connectivity index (χ4n) is 3.54. The molecule has 1 unspecified atom stereocenters. The second-order valence-electron chi connectivity index (χ2n) is 6.73. The van der Waals surface area contributed by atoms with Crippen molar-refractivity contribution >= 4 is 47.2 Å². The van der Waals surface area contributed by atoms with Gasteiger partial charge in [-0.2, -0.15) is 0 Å². The maximum absolute atomic E-state index is 12.7. The van der Waals surface area contributed by atoms with Gasteiger partial charge >= 0.3 is 0 Å². The van der Waals surface area contributed by atoms with Gasteiger partial charge in [-0.25, -0.2) is 0 Å². The summed E-state index contributed by atoms with van der Waals surface area (Å²) >= 11 is 12.2. The molecule has 146 valence electrons. The van der Waals surface area contributed by atoms with Crippen LogP contribution in [0.2, 0.25) is 10.0 Å². The zero-order chi connectivity index (χ0) is 18.7. The average Bonchev–Trinajstić information content (AvgIpc) is 3.10. The Morgan fingerprint density at radius 1 is 1.19 bits per heavy atom. The van der Waals surface area contributed by atoms with E-state index in [9.17, 15) is 4.79 Å². The van der Waals surface area contributed by atoms with Gasteiger partial charge in [-0.15, -0.1) is 12.4 Å². The number of likely N-dealkylation sites (tertiary alicyclic amines) is 1. The minimum absolute atomic E-state index is 0. The second kappa shape index (κ2) is 9.76. The molecule has 1 aliphatic heterocycles. The molecule has 1 aliphatic rings. The monoisotopic (exact) mass is 427 g/mol. The normalized spacial score (nSPS) is 20.7. The number of anilines is 1. The lowest BCUT2D eigenvalue weighted by molar-refractivity contribution is -0.120. The minimum atomic E-state index is -0.284. The van der Waals surface area contributed by atoms with Gasteiger partial charge in [-0.1, -0.05) is 59.6 Å². The van der Waals surface area contributed by atoms with Crippen LogP contribution in [0.3, 0.4) is 0 Å². The quantitative estimate of drug-likeness (QED) is 0.741. The molecule has 0 radical (unpaired) electrons. The van der Waals surface area contributed by atoms with Gasteiger partial charge in [0.05, 0.1) is 21.8 Å². The fraction of sp³-hybridized carbons (Fsp3) is 0.350. The van der Waals surface area contributed by atoms with Crippen LogP contribution >= 0.6 is 35.6 Å². The summed E-state index contributed by atoms with van der Waals surface area (Å²) in [7, 11) is 0. The van der Waals surface area contributed by atoms with Gasteiger partial charge < -0.3 is 11.1 Å². The van der Waals surface area contributed by atoms with Gasteiger partial charge in [0.25, 0.3) is 0 Å². The Morgan fingerprint density at radius 2 is 1.89 bits per heavy atom. The van der Waals surface area contributed by atoms with Gasteiger partial charge in [-0.3, -0.25) is 9.69 Å². The van der Waals surface area contributed by atoms with E-state index in [2.05, 4.69) is 22.3 Å². The molecule has 3 N–H and O–H groups in total. The van der Waals surface area contributed by atoms with E-state index in [1.165, 1.54) is 5.56 Å². The number of nitrogens with zero attached hydrogens (tertiary/aromatic N) is 1. The third kappa shape index (κ3) is 4.95. The van der Waals surface area contributed by atoms with E-state index in [1.807, 2.05) is 25.1 Å². The molecule has 2 aromatic rings. The van der Waals surface area contributed by atoms with E-state index >= 15 is 0 Å². The molecule has 0 spiro atoms. The summed E-state index contributed by atoms with van der Waals surface area (Å²) in [6, 6.07) is 15.3. The van der Waals surface area contributed by atoms with E-state index in [4.69, 9.17) is 28.9 Å². The Hall–Kier alpha value is -1.30. The number of nitrogens with one attached hydrogen (secondary N) is 1. The first-order valence-electron chi connectivity index (χ1n) is 8.75. The van der Waals surface area contributed by atoms with Crippen LogP contribution in [0.1, 0.15) is 18.4 Å². The van der Waals surface area contributed by atoms with Gasteiger partial charge in [0.1, 0.15) is 0 Å². The van der Waals surface area contributed by atoms with Crippen molar-refractivity contribution in [3.05, 3.63) is 64.1 Å². The van der Waals surface area contributed by atoms with Crippen molar-refractivity contribution in [2.45, 2.75) is 18.9 Å². The topological polar surface area (TPSA) is 58.4 Å². The molecule has 27 heavy (non-hydrogen) atoms. The molecular formula is C20H24Cl3N3O. The van der Waals surface area contributed by atoms with Crippen LogP contribution in [0.4, 0.5) is 5.69 Å². The first kappa shape index (κ1) is 22.0. The van der Waals surface area contributed by atoms with Crippen LogP contribution in [0, 0.1) is 5.92 Å². The third-order valence-corrected chi connectivity index (χ3v) is 5.96. The highest BCUT2D eigenvalue weighted by molar-refractivity contribution is 6.44. The Bertz CT molecular complexity index is 772. The highest BCUT2D eigenvalue weighted by atomic mass is 35.5. The number of carbonyl (C=O) groups is 1. The molecule has 0 bridgehead atoms. The summed E-state index contributed by atoms with van der Waals surface area (Å²) in [5.41, 5.74) is 7.81. The summed E-state index contributed by atoms with van der Waals surface area (Å²) < 4.78 is 0. The van der Waals surface area contributed by atoms with Gasteiger partial charge in [0.2, 0.25) is 5.91 Å². The fourth-order valence-corrected chi connectivity index (χ4v) is 3.89. The Balaban J connectivity index is 0.00000261. The van der Waals surface area contributed by atoms with E-state index in [1.54, 1.807) is 18.2 Å². The van der Waals surface area contributed by atoms with Crippen molar-refractivity contribution in [2.24, 2.45) is 11.7 Å². The third-order valence-electron chi connectivity index (χ3n) is 5.14. The Labute approximate surface area is 176 Å². The number of carbonyl (C=O) groups excluding carboxylic acids is 1. The van der Waals surface area contributed by atoms with E-state index in [-0.39, 0.29) is 24.4 Å². The van der Waals surface area contributed by atoms with Crippen LogP contribution in [0.15, 0.2) is 48.5 Å². The van der Waals surface area contributed by atoms with Crippen molar-refractivity contribution in [2.75, 3.05) is 25.0 Å². The van der Waals surface area contributed by atoms with Gasteiger partial charge in [-0.05, 0) is 37.1 Å². The van der Waals surface area contributed by atoms with E-state index in [0.29, 0.717) is 34.1 Å². The second-order valence-corrected chi connectivity index (χ2v) is 7.52. The van der Waals surface area contributed by atoms with Crippen LogP contribution in [-0.4, -0.2) is 36.5 Å². The summed E-state index contributed by atoms with van der Waals surface area (Å²) in [6.07, 6.45) is 0. The zero-order valence-electron chi connectivity index (χ0n) is 15.1. The lowest BCUT2D eigenvalue weighted by atomic mass is 9.89. The van der Waals surface area contributed by atoms with Crippen LogP contribution < -0.4 is 11.1 Å². The molecule has 0 aliphatic carbocycles. The highest BCUT2D eigenvalue weighted by Gasteiger charge is 2.36. The standard InChI is InChI=1S/C20H23Cl2N3O.ClH/c1-13(20(26)24-18-9-5-8-17(21)19(18)22)25-11-15(10-23)16(12-25)14-6-3-2-4-7-14;/h2-9,13,15-16H,10-12,23H2,1H3,(H,24,26);1H/t13?,15-,16+;/m1./s1. The Morgan fingerprint density at radius 3 is 2.56 bits per heavy atom. The number of halogens is 3. The molecule has 2 aromatic carbocycles. The minimum Gasteiger partial charge on any atom is -0.330 e. The van der Waals surface area contributed by atoms with Gasteiger partial charge in [0, 0.05) is 19.0 Å². The van der Waals surface area contributed by atoms with Gasteiger partial charge in [0.15, 0.2) is 0 Å². The van der Waals surface area contributed by atoms with Crippen LogP contribution in [-0.2, 0) is 4.79 Å². The van der Waals surface area contributed by atoms with Crippen molar-refractivity contribution in [3.63, 3.8) is 0 Å². The Kier molecular flexibility index (Phi) is 7.95. The predicted molar refractivity (Wildman–Crippen MR) is 115 cm³/mol. The number of hydrogen-bond donors (Lipinski definition) is 2. The van der Waals surface area contributed by atoms with E-state index in [0.717, 1.165) is 13.1 Å². The summed E-state index contributed by atoms with van der Waals surface area (Å²) in [5.74, 6) is 0.576. The molecule has 1 fully saturated rings. The molecule has 1 saturated heterocycles. The van der Waals surface area contributed by atoms with Crippen LogP contribution in [0.25, 0.3) is 0 Å². The molecule has 1 amide bonds. The smallest absolute Gasteiger partial charge is 0.241 e. The van der Waals surface area contributed by atoms with Crippen LogP contribution in [0.5, 0.6) is 0 Å². The number of rotatable bonds is 5. The lowest BCUT2D eigenvalue weighted by Gasteiger charge is -2.24. The summed E-state index contributed by atoms with van der Waals surface area (Å²) in [4.78, 5) is 14.9. The molecule has 3 atom stereocenters. The number of nitrogens with two attached hydrogens (primary N) is 1. The number of hydrogen-bond acceptors (Lipinski definition) is 3. The maximum atomic E-state index is 12.7. The molecule has 1 heterocycles. The predicted octanol–water partition coefficient (Wildman–Crippen LogP) is 4.42. The molecule has 0 saturated carbocycles. The first-order valence-corrected chi connectivity index (χ1v) is 9.50. The molecule has 0 aromatic heterocycles. The van der Waals surface area contributed by atoms with E-state index < -0.39 is 0 Å². The zero-order valence-corrected chi connectivity index (χ0v) is 17.4. The molecule has 7 heteroatoms. The summed E-state index contributed by atoms with van der Waals surface area (Å²) in [6.45, 7) is 4.12. The average molecular weight is 429 g/mol. The van der Waals surface area contributed by atoms with Crippen molar-refractivity contribution in [1.29, 1.82) is 0 Å². The van der Waals surface area contributed by atoms with Crippen molar-refractivity contribution < 1.29 is 4.79 Å². The lowest BCUT2D eigenvalue weighted by Crippen LogP contribution is -2.41. The molecule has 4 nitrogen and oxygen atoms in total. The number of benzene rings is 2. The number of amides is 1.